The second-order valence-corrected chi connectivity index (χ2v) is 7.78. The average molecular weight is 428 g/mol. The Bertz CT molecular complexity index is 1560. The molecule has 0 aliphatic heterocycles. The number of hydrogen-bond donors (Lipinski definition) is 2. The number of H-pyrrole nitrogens is 1. The van der Waals surface area contributed by atoms with Gasteiger partial charge in [0.25, 0.3) is 5.91 Å². The number of nitrogens with one attached hydrogen (secondary N) is 2. The molecule has 2 aromatic carbocycles. The van der Waals surface area contributed by atoms with Gasteiger partial charge in [-0.2, -0.15) is 5.26 Å². The normalized spacial score (nSPS) is 13.8. The van der Waals surface area contributed by atoms with Crippen molar-refractivity contribution >= 4 is 16.9 Å². The highest BCUT2D eigenvalue weighted by atomic mass is 16.1. The molecule has 1 aliphatic carbocycles. The van der Waals surface area contributed by atoms with Crippen LogP contribution in [0.25, 0.3) is 33.5 Å². The van der Waals surface area contributed by atoms with Crippen LogP contribution in [0.5, 0.6) is 0 Å². The van der Waals surface area contributed by atoms with E-state index >= 15 is 0 Å². The van der Waals surface area contributed by atoms with Crippen LogP contribution < -0.4 is 5.32 Å². The zero-order valence-corrected chi connectivity index (χ0v) is 17.3. The van der Waals surface area contributed by atoms with E-state index in [2.05, 4.69) is 26.3 Å². The van der Waals surface area contributed by atoms with Crippen LogP contribution in [0, 0.1) is 11.3 Å². The van der Waals surface area contributed by atoms with Gasteiger partial charge in [-0.3, -0.25) is 9.78 Å². The molecular formula is C26H16N6O. The lowest BCUT2D eigenvalue weighted by molar-refractivity contribution is 0.0943. The molecular weight excluding hydrogens is 412 g/mol. The summed E-state index contributed by atoms with van der Waals surface area (Å²) in [6.07, 6.45) is 4.95. The van der Waals surface area contributed by atoms with Crippen molar-refractivity contribution in [2.24, 2.45) is 0 Å². The van der Waals surface area contributed by atoms with Gasteiger partial charge in [0.2, 0.25) is 0 Å². The zero-order valence-electron chi connectivity index (χ0n) is 17.3. The maximum absolute atomic E-state index is 13.1. The molecule has 0 fully saturated rings. The van der Waals surface area contributed by atoms with Crippen LogP contribution in [0.1, 0.15) is 33.2 Å². The number of carbonyl (C=O) groups is 1. The van der Waals surface area contributed by atoms with E-state index in [0.717, 1.165) is 44.7 Å². The zero-order chi connectivity index (χ0) is 22.4. The second kappa shape index (κ2) is 7.39. The van der Waals surface area contributed by atoms with Crippen molar-refractivity contribution in [2.45, 2.75) is 6.04 Å². The summed E-state index contributed by atoms with van der Waals surface area (Å²) >= 11 is 0. The quantitative estimate of drug-likeness (QED) is 0.443. The summed E-state index contributed by atoms with van der Waals surface area (Å²) in [5.74, 6) is 0.492. The number of carbonyl (C=O) groups excluding carboxylic acids is 1. The van der Waals surface area contributed by atoms with E-state index in [-0.39, 0.29) is 17.6 Å². The topological polar surface area (TPSA) is 107 Å². The number of rotatable bonds is 3. The van der Waals surface area contributed by atoms with Crippen molar-refractivity contribution in [3.63, 3.8) is 0 Å². The van der Waals surface area contributed by atoms with E-state index in [9.17, 15) is 4.79 Å². The summed E-state index contributed by atoms with van der Waals surface area (Å²) < 4.78 is 0. The summed E-state index contributed by atoms with van der Waals surface area (Å²) in [7, 11) is 0. The molecule has 33 heavy (non-hydrogen) atoms. The highest BCUT2D eigenvalue weighted by Gasteiger charge is 2.32. The van der Waals surface area contributed by atoms with Gasteiger partial charge in [-0.05, 0) is 40.5 Å². The molecule has 0 spiro atoms. The van der Waals surface area contributed by atoms with Gasteiger partial charge < -0.3 is 10.3 Å². The van der Waals surface area contributed by atoms with Gasteiger partial charge in [-0.25, -0.2) is 9.97 Å². The van der Waals surface area contributed by atoms with Gasteiger partial charge >= 0.3 is 0 Å². The first-order valence-electron chi connectivity index (χ1n) is 10.4. The first-order valence-corrected chi connectivity index (χ1v) is 10.4. The van der Waals surface area contributed by atoms with Gasteiger partial charge in [0, 0.05) is 23.5 Å². The fraction of sp³-hybridized carbons (Fsp3) is 0.0385. The lowest BCUT2D eigenvalue weighted by atomic mass is 9.98. The third-order valence-corrected chi connectivity index (χ3v) is 5.90. The Labute approximate surface area is 188 Å². The predicted octanol–water partition coefficient (Wildman–Crippen LogP) is 4.39. The number of imidazole rings is 1. The Morgan fingerprint density at radius 2 is 1.85 bits per heavy atom. The van der Waals surface area contributed by atoms with Gasteiger partial charge in [-0.15, -0.1) is 0 Å². The third kappa shape index (κ3) is 3.05. The third-order valence-electron chi connectivity index (χ3n) is 5.90. The van der Waals surface area contributed by atoms with E-state index < -0.39 is 0 Å². The number of pyridine rings is 2. The number of nitriles is 1. The molecule has 2 N–H and O–H groups in total. The molecule has 6 rings (SSSR count). The van der Waals surface area contributed by atoms with Gasteiger partial charge in [0.15, 0.2) is 0 Å². The molecule has 7 nitrogen and oxygen atoms in total. The van der Waals surface area contributed by atoms with E-state index in [1.54, 1.807) is 18.5 Å². The minimum Gasteiger partial charge on any atom is -0.341 e. The van der Waals surface area contributed by atoms with Crippen LogP contribution in [0.3, 0.4) is 0 Å². The molecule has 1 unspecified atom stereocenters. The summed E-state index contributed by atoms with van der Waals surface area (Å²) in [4.78, 5) is 29.3. The summed E-state index contributed by atoms with van der Waals surface area (Å²) in [5, 5.41) is 12.3. The van der Waals surface area contributed by atoms with Crippen LogP contribution in [0.15, 0.2) is 79.3 Å². The van der Waals surface area contributed by atoms with Gasteiger partial charge in [0.05, 0.1) is 23.3 Å². The Morgan fingerprint density at radius 3 is 2.73 bits per heavy atom. The van der Waals surface area contributed by atoms with Crippen molar-refractivity contribution < 1.29 is 4.79 Å². The Kier molecular flexibility index (Phi) is 4.23. The average Bonchev–Trinajstić information content (AvgIpc) is 3.44. The summed E-state index contributed by atoms with van der Waals surface area (Å²) in [5.41, 5.74) is 7.38. The number of nitrogens with zero attached hydrogens (tertiary/aromatic N) is 4. The van der Waals surface area contributed by atoms with E-state index in [4.69, 9.17) is 10.2 Å². The maximum Gasteiger partial charge on any atom is 0.252 e. The van der Waals surface area contributed by atoms with Gasteiger partial charge in [0.1, 0.15) is 17.6 Å². The molecule has 0 saturated carbocycles. The lowest BCUT2D eigenvalue weighted by Gasteiger charge is -2.16. The number of amides is 1. The van der Waals surface area contributed by atoms with Crippen LogP contribution in [0.4, 0.5) is 0 Å². The molecule has 1 aliphatic rings. The Morgan fingerprint density at radius 1 is 1.00 bits per heavy atom. The van der Waals surface area contributed by atoms with Crippen molar-refractivity contribution in [3.05, 3.63) is 102 Å². The largest absolute Gasteiger partial charge is 0.341 e. The number of fused-ring (bicyclic) bond motifs is 4. The molecule has 1 amide bonds. The lowest BCUT2D eigenvalue weighted by Crippen LogP contribution is -2.28. The molecule has 156 valence electrons. The highest BCUT2D eigenvalue weighted by molar-refractivity contribution is 5.97. The van der Waals surface area contributed by atoms with Crippen molar-refractivity contribution in [3.8, 4) is 28.6 Å². The molecule has 5 aromatic rings. The molecule has 3 heterocycles. The molecule has 1 atom stereocenters. The Balaban J connectivity index is 1.47. The molecule has 0 bridgehead atoms. The van der Waals surface area contributed by atoms with Crippen LogP contribution in [0.2, 0.25) is 0 Å². The molecule has 3 aromatic heterocycles. The van der Waals surface area contributed by atoms with E-state index in [0.29, 0.717) is 5.56 Å². The number of aromatic nitrogens is 4. The minimum absolute atomic E-state index is 0.205. The molecule has 0 radical (unpaired) electrons. The standard InChI is InChI=1S/C26H16N6O/c27-13-16-12-15(8-11-29-16)26(33)32-24-18-5-2-1-4-17(18)23-19(24)6-3-7-20(23)25-30-21-9-10-28-14-22(21)31-25/h1-12,14,24H,(H,30,31)(H,32,33). The van der Waals surface area contributed by atoms with Crippen molar-refractivity contribution in [2.75, 3.05) is 0 Å². The summed E-state index contributed by atoms with van der Waals surface area (Å²) in [6, 6.07) is 20.7. The van der Waals surface area contributed by atoms with Crippen LogP contribution in [-0.2, 0) is 0 Å². The first kappa shape index (κ1) is 18.9. The number of hydrogen-bond acceptors (Lipinski definition) is 5. The Hall–Kier alpha value is -4.83. The molecule has 7 heteroatoms. The van der Waals surface area contributed by atoms with E-state index in [1.807, 2.05) is 48.5 Å². The van der Waals surface area contributed by atoms with Crippen LogP contribution >= 0.6 is 0 Å². The maximum atomic E-state index is 13.1. The van der Waals surface area contributed by atoms with Crippen molar-refractivity contribution in [1.29, 1.82) is 5.26 Å². The van der Waals surface area contributed by atoms with Crippen molar-refractivity contribution in [1.82, 2.24) is 25.3 Å². The van der Waals surface area contributed by atoms with Gasteiger partial charge in [-0.1, -0.05) is 42.5 Å². The summed E-state index contributed by atoms with van der Waals surface area (Å²) in [6.45, 7) is 0. The number of aromatic amines is 1. The van der Waals surface area contributed by atoms with E-state index in [1.165, 1.54) is 12.3 Å². The van der Waals surface area contributed by atoms with Crippen LogP contribution in [-0.4, -0.2) is 25.8 Å². The SMILES string of the molecule is N#Cc1cc(C(=O)NC2c3ccccc3-c3c(-c4nc5ccncc5[nH]4)cccc32)ccn1. The molecule has 0 saturated heterocycles. The smallest absolute Gasteiger partial charge is 0.252 e. The predicted molar refractivity (Wildman–Crippen MR) is 123 cm³/mol. The first-order chi connectivity index (χ1) is 16.2. The minimum atomic E-state index is -0.326. The second-order valence-electron chi connectivity index (χ2n) is 7.78. The fourth-order valence-corrected chi connectivity index (χ4v) is 4.44. The number of benzene rings is 2. The monoisotopic (exact) mass is 428 g/mol. The highest BCUT2D eigenvalue weighted by Crippen LogP contribution is 2.47. The fourth-order valence-electron chi connectivity index (χ4n) is 4.44.